The maximum Gasteiger partial charge on any atom is 0.161 e. The Labute approximate surface area is 141 Å². The van der Waals surface area contributed by atoms with Crippen LogP contribution in [0.4, 0.5) is 0 Å². The second-order valence-corrected chi connectivity index (χ2v) is 5.88. The first-order valence-corrected chi connectivity index (χ1v) is 8.88. The number of rotatable bonds is 13. The van der Waals surface area contributed by atoms with E-state index in [0.717, 1.165) is 50.6 Å². The van der Waals surface area contributed by atoms with Gasteiger partial charge in [-0.05, 0) is 57.9 Å². The molecule has 132 valence electrons. The molecule has 0 unspecified atom stereocenters. The maximum atomic E-state index is 5.78. The molecule has 1 aromatic carbocycles. The Balaban J connectivity index is 2.34. The summed E-state index contributed by atoms with van der Waals surface area (Å²) in [5.41, 5.74) is 1.21. The van der Waals surface area contributed by atoms with Gasteiger partial charge >= 0.3 is 0 Å². The Bertz CT molecular complexity index is 421. The quantitative estimate of drug-likeness (QED) is 0.553. The van der Waals surface area contributed by atoms with E-state index in [9.17, 15) is 0 Å². The van der Waals surface area contributed by atoms with Crippen molar-refractivity contribution in [3.63, 3.8) is 0 Å². The highest BCUT2D eigenvalue weighted by Crippen LogP contribution is 2.29. The average Bonchev–Trinajstić information content (AvgIpc) is 2.52. The largest absolute Gasteiger partial charge is 0.490 e. The van der Waals surface area contributed by atoms with Crippen LogP contribution in [0, 0.1) is 0 Å². The molecule has 23 heavy (non-hydrogen) atoms. The van der Waals surface area contributed by atoms with Crippen molar-refractivity contribution < 1.29 is 14.2 Å². The molecular weight excluding hydrogens is 290 g/mol. The van der Waals surface area contributed by atoms with Gasteiger partial charge in [0.05, 0.1) is 12.7 Å². The van der Waals surface area contributed by atoms with Crippen molar-refractivity contribution in [3.05, 3.63) is 23.8 Å². The Morgan fingerprint density at radius 3 is 2.52 bits per heavy atom. The van der Waals surface area contributed by atoms with Crippen LogP contribution in [-0.4, -0.2) is 32.5 Å². The normalized spacial score (nSPS) is 11.0. The highest BCUT2D eigenvalue weighted by molar-refractivity contribution is 5.43. The van der Waals surface area contributed by atoms with Gasteiger partial charge in [-0.15, -0.1) is 0 Å². The second kappa shape index (κ2) is 12.2. The van der Waals surface area contributed by atoms with Crippen molar-refractivity contribution in [1.82, 2.24) is 5.32 Å². The Kier molecular flexibility index (Phi) is 10.5. The molecule has 0 aliphatic rings. The summed E-state index contributed by atoms with van der Waals surface area (Å²) in [5, 5.41) is 3.45. The van der Waals surface area contributed by atoms with Crippen molar-refractivity contribution in [2.24, 2.45) is 0 Å². The van der Waals surface area contributed by atoms with Crippen LogP contribution < -0.4 is 14.8 Å². The molecule has 0 saturated heterocycles. The fourth-order valence-corrected chi connectivity index (χ4v) is 2.16. The highest BCUT2D eigenvalue weighted by Gasteiger charge is 2.08. The molecule has 0 saturated carbocycles. The van der Waals surface area contributed by atoms with Crippen molar-refractivity contribution in [2.45, 2.75) is 59.6 Å². The Morgan fingerprint density at radius 1 is 1.04 bits per heavy atom. The first-order valence-electron chi connectivity index (χ1n) is 8.88. The van der Waals surface area contributed by atoms with Crippen molar-refractivity contribution in [1.29, 1.82) is 0 Å². The average molecular weight is 323 g/mol. The first-order chi connectivity index (χ1) is 11.2. The lowest BCUT2D eigenvalue weighted by molar-refractivity contribution is 0.129. The number of nitrogens with one attached hydrogen (secondary N) is 1. The van der Waals surface area contributed by atoms with E-state index in [1.54, 1.807) is 0 Å². The van der Waals surface area contributed by atoms with Gasteiger partial charge in [0.2, 0.25) is 0 Å². The second-order valence-electron chi connectivity index (χ2n) is 5.88. The van der Waals surface area contributed by atoms with Crippen molar-refractivity contribution in [3.8, 4) is 11.5 Å². The molecule has 1 aromatic rings. The van der Waals surface area contributed by atoms with Crippen LogP contribution in [0.5, 0.6) is 11.5 Å². The summed E-state index contributed by atoms with van der Waals surface area (Å²) in [4.78, 5) is 0. The smallest absolute Gasteiger partial charge is 0.161 e. The molecule has 4 heteroatoms. The molecule has 0 aromatic heterocycles. The van der Waals surface area contributed by atoms with Gasteiger partial charge in [0.15, 0.2) is 11.5 Å². The molecular formula is C19H33NO3. The number of unbranched alkanes of at least 4 members (excludes halogenated alkanes) is 1. The van der Waals surface area contributed by atoms with Crippen LogP contribution in [-0.2, 0) is 11.3 Å². The molecule has 0 atom stereocenters. The van der Waals surface area contributed by atoms with E-state index in [0.29, 0.717) is 6.61 Å². The molecule has 0 heterocycles. The standard InChI is InChI=1S/C19H33NO3/c1-5-7-12-21-13-8-11-20-15-17-9-10-18(23-16(3)4)19(14-17)22-6-2/h9-10,14,16,20H,5-8,11-13,15H2,1-4H3. The fourth-order valence-electron chi connectivity index (χ4n) is 2.16. The third-order valence-electron chi connectivity index (χ3n) is 3.28. The molecule has 0 aliphatic carbocycles. The topological polar surface area (TPSA) is 39.7 Å². The molecule has 0 aliphatic heterocycles. The minimum absolute atomic E-state index is 0.144. The molecule has 0 fully saturated rings. The van der Waals surface area contributed by atoms with Crippen molar-refractivity contribution in [2.75, 3.05) is 26.4 Å². The third-order valence-corrected chi connectivity index (χ3v) is 3.28. The van der Waals surface area contributed by atoms with Gasteiger partial charge in [-0.1, -0.05) is 19.4 Å². The lowest BCUT2D eigenvalue weighted by Gasteiger charge is -2.15. The lowest BCUT2D eigenvalue weighted by Crippen LogP contribution is -2.16. The Morgan fingerprint density at radius 2 is 1.83 bits per heavy atom. The fraction of sp³-hybridized carbons (Fsp3) is 0.684. The van der Waals surface area contributed by atoms with E-state index < -0.39 is 0 Å². The summed E-state index contributed by atoms with van der Waals surface area (Å²) >= 11 is 0. The monoisotopic (exact) mass is 323 g/mol. The van der Waals surface area contributed by atoms with Crippen LogP contribution in [0.2, 0.25) is 0 Å². The molecule has 1 rings (SSSR count). The van der Waals surface area contributed by atoms with Gasteiger partial charge in [0.25, 0.3) is 0 Å². The van der Waals surface area contributed by atoms with Gasteiger partial charge in [-0.25, -0.2) is 0 Å². The maximum absolute atomic E-state index is 5.78. The van der Waals surface area contributed by atoms with Gasteiger partial charge < -0.3 is 19.5 Å². The van der Waals surface area contributed by atoms with E-state index in [2.05, 4.69) is 24.4 Å². The van der Waals surface area contributed by atoms with E-state index >= 15 is 0 Å². The summed E-state index contributed by atoms with van der Waals surface area (Å²) in [6.45, 7) is 12.4. The Hall–Kier alpha value is -1.26. The molecule has 0 amide bonds. The minimum Gasteiger partial charge on any atom is -0.490 e. The van der Waals surface area contributed by atoms with Crippen LogP contribution in [0.25, 0.3) is 0 Å². The predicted octanol–water partition coefficient (Wildman–Crippen LogP) is 4.17. The number of hydrogen-bond donors (Lipinski definition) is 1. The van der Waals surface area contributed by atoms with Gasteiger partial charge in [0, 0.05) is 19.8 Å². The van der Waals surface area contributed by atoms with E-state index in [1.807, 2.05) is 26.8 Å². The van der Waals surface area contributed by atoms with E-state index in [4.69, 9.17) is 14.2 Å². The lowest BCUT2D eigenvalue weighted by atomic mass is 10.2. The first kappa shape index (κ1) is 19.8. The summed E-state index contributed by atoms with van der Waals surface area (Å²) < 4.78 is 17.0. The van der Waals surface area contributed by atoms with Gasteiger partial charge in [-0.2, -0.15) is 0 Å². The zero-order valence-electron chi connectivity index (χ0n) is 15.2. The van der Waals surface area contributed by atoms with Gasteiger partial charge in [0.1, 0.15) is 0 Å². The SMILES string of the molecule is CCCCOCCCNCc1ccc(OC(C)C)c(OCC)c1. The third kappa shape index (κ3) is 8.82. The minimum atomic E-state index is 0.144. The van der Waals surface area contributed by atoms with Crippen molar-refractivity contribution >= 4 is 0 Å². The van der Waals surface area contributed by atoms with Crippen LogP contribution >= 0.6 is 0 Å². The predicted molar refractivity (Wildman–Crippen MR) is 95.4 cm³/mol. The summed E-state index contributed by atoms with van der Waals surface area (Å²) in [7, 11) is 0. The van der Waals surface area contributed by atoms with Crippen LogP contribution in [0.1, 0.15) is 52.5 Å². The van der Waals surface area contributed by atoms with Crippen LogP contribution in [0.3, 0.4) is 0 Å². The molecule has 4 nitrogen and oxygen atoms in total. The summed E-state index contributed by atoms with van der Waals surface area (Å²) in [6.07, 6.45) is 3.53. The molecule has 0 bridgehead atoms. The van der Waals surface area contributed by atoms with Crippen LogP contribution in [0.15, 0.2) is 18.2 Å². The van der Waals surface area contributed by atoms with E-state index in [-0.39, 0.29) is 6.10 Å². The summed E-state index contributed by atoms with van der Waals surface area (Å²) in [5.74, 6) is 1.64. The molecule has 0 spiro atoms. The van der Waals surface area contributed by atoms with E-state index in [1.165, 1.54) is 12.0 Å². The molecule has 0 radical (unpaired) electrons. The zero-order valence-corrected chi connectivity index (χ0v) is 15.2. The van der Waals surface area contributed by atoms with Gasteiger partial charge in [-0.3, -0.25) is 0 Å². The molecule has 1 N–H and O–H groups in total. The number of ether oxygens (including phenoxy) is 3. The summed E-state index contributed by atoms with van der Waals surface area (Å²) in [6, 6.07) is 6.15. The highest BCUT2D eigenvalue weighted by atomic mass is 16.5. The number of hydrogen-bond acceptors (Lipinski definition) is 4. The number of benzene rings is 1. The zero-order chi connectivity index (χ0) is 16.9.